The summed E-state index contributed by atoms with van der Waals surface area (Å²) in [5.74, 6) is -3.14. The molecule has 73 heavy (non-hydrogen) atoms. The van der Waals surface area contributed by atoms with E-state index in [1.807, 2.05) is 0 Å². The van der Waals surface area contributed by atoms with E-state index in [4.69, 9.17) is 23.7 Å². The van der Waals surface area contributed by atoms with Crippen LogP contribution in [-0.2, 0) is 42.9 Å². The molecule has 0 aliphatic carbocycles. The van der Waals surface area contributed by atoms with Gasteiger partial charge in [-0.05, 0) is 96.3 Å². The van der Waals surface area contributed by atoms with E-state index < -0.39 is 67.3 Å². The Morgan fingerprint density at radius 1 is 0.452 bits per heavy atom. The van der Waals surface area contributed by atoms with Crippen LogP contribution in [0.3, 0.4) is 0 Å². The lowest BCUT2D eigenvalue weighted by molar-refractivity contribution is -0.301. The Bertz CT molecular complexity index is 1460. The number of carbonyl (C=O) groups is 4. The topological polar surface area (TPSA) is 175 Å². The second-order valence-corrected chi connectivity index (χ2v) is 20.3. The molecule has 6 atom stereocenters. The minimum absolute atomic E-state index is 0.0508. The average molecular weight is 1030 g/mol. The van der Waals surface area contributed by atoms with Gasteiger partial charge in [-0.15, -0.1) is 0 Å². The van der Waals surface area contributed by atoms with Crippen LogP contribution < -0.4 is 0 Å². The molecule has 0 saturated carbocycles. The van der Waals surface area contributed by atoms with Crippen LogP contribution in [0.2, 0.25) is 0 Å². The Labute approximate surface area is 443 Å². The summed E-state index contributed by atoms with van der Waals surface area (Å²) >= 11 is 0. The molecule has 3 N–H and O–H groups in total. The van der Waals surface area contributed by atoms with E-state index >= 15 is 0 Å². The molecule has 0 aromatic heterocycles. The first-order valence-corrected chi connectivity index (χ1v) is 29.6. The quantitative estimate of drug-likeness (QED) is 0.0228. The summed E-state index contributed by atoms with van der Waals surface area (Å²) in [6.45, 7) is 5.91. The fraction of sp³-hybridized carbons (Fsp3) is 0.803. The molecular formula is C61H106O12. The van der Waals surface area contributed by atoms with Gasteiger partial charge in [-0.2, -0.15) is 0 Å². The van der Waals surface area contributed by atoms with E-state index in [1.54, 1.807) is 0 Å². The van der Waals surface area contributed by atoms with Gasteiger partial charge in [0, 0.05) is 19.3 Å². The van der Waals surface area contributed by atoms with E-state index in [1.165, 1.54) is 70.6 Å². The van der Waals surface area contributed by atoms with Gasteiger partial charge in [-0.1, -0.05) is 198 Å². The lowest BCUT2D eigenvalue weighted by atomic mass is 9.98. The summed E-state index contributed by atoms with van der Waals surface area (Å²) < 4.78 is 28.4. The van der Waals surface area contributed by atoms with Gasteiger partial charge < -0.3 is 39.0 Å². The fourth-order valence-electron chi connectivity index (χ4n) is 8.73. The zero-order valence-electron chi connectivity index (χ0n) is 46.4. The molecule has 1 aliphatic heterocycles. The van der Waals surface area contributed by atoms with Crippen molar-refractivity contribution < 1.29 is 58.2 Å². The standard InChI is InChI=1S/C61H106O12/c1-4-7-10-13-16-19-22-24-26-27-29-31-34-37-40-43-46-49-55(64)72-59-57(66)56(65)58(60(67)68)73-61(59)70-51-52(71-54(63)48-45-42-39-36-32-21-18-15-12-9-6-3)50-69-53(62)47-44-41-38-35-33-30-28-25-23-20-17-14-11-8-5-2/h15-16,18-19,24-26,28,52,56-59,61,65-66H,4-14,17,20-23,27,29-51H2,1-3H3,(H,67,68)/b18-15-,19-16-,26-24-,28-25-. The minimum Gasteiger partial charge on any atom is -0.479 e. The van der Waals surface area contributed by atoms with Crippen LogP contribution in [0.15, 0.2) is 48.6 Å². The van der Waals surface area contributed by atoms with Crippen molar-refractivity contribution in [1.82, 2.24) is 0 Å². The molecule has 0 spiro atoms. The molecule has 422 valence electrons. The third-order valence-electron chi connectivity index (χ3n) is 13.3. The van der Waals surface area contributed by atoms with E-state index in [0.29, 0.717) is 19.3 Å². The number of hydrogen-bond acceptors (Lipinski definition) is 11. The second kappa shape index (κ2) is 49.6. The summed E-state index contributed by atoms with van der Waals surface area (Å²) in [6.07, 6.45) is 46.5. The van der Waals surface area contributed by atoms with Gasteiger partial charge in [0.2, 0.25) is 0 Å². The number of carbonyl (C=O) groups excluding carboxylic acids is 3. The van der Waals surface area contributed by atoms with Crippen LogP contribution >= 0.6 is 0 Å². The highest BCUT2D eigenvalue weighted by Crippen LogP contribution is 2.26. The zero-order chi connectivity index (χ0) is 53.3. The van der Waals surface area contributed by atoms with Crippen molar-refractivity contribution in [3.8, 4) is 0 Å². The number of allylic oxidation sites excluding steroid dienone is 8. The van der Waals surface area contributed by atoms with Gasteiger partial charge in [-0.3, -0.25) is 14.4 Å². The summed E-state index contributed by atoms with van der Waals surface area (Å²) in [4.78, 5) is 51.0. The highest BCUT2D eigenvalue weighted by Gasteiger charge is 2.50. The van der Waals surface area contributed by atoms with Gasteiger partial charge in [0.15, 0.2) is 24.6 Å². The minimum atomic E-state index is -1.91. The maximum Gasteiger partial charge on any atom is 0.335 e. The van der Waals surface area contributed by atoms with Gasteiger partial charge in [-0.25, -0.2) is 4.79 Å². The molecule has 12 heteroatoms. The van der Waals surface area contributed by atoms with E-state index in [0.717, 1.165) is 135 Å². The number of carboxylic acids is 1. The normalized spacial score (nSPS) is 18.6. The third kappa shape index (κ3) is 39.7. The van der Waals surface area contributed by atoms with Gasteiger partial charge >= 0.3 is 23.9 Å². The Morgan fingerprint density at radius 2 is 0.836 bits per heavy atom. The van der Waals surface area contributed by atoms with Crippen LogP contribution in [0.1, 0.15) is 265 Å². The zero-order valence-corrected chi connectivity index (χ0v) is 46.4. The van der Waals surface area contributed by atoms with E-state index in [-0.39, 0.29) is 25.9 Å². The summed E-state index contributed by atoms with van der Waals surface area (Å²) in [7, 11) is 0. The van der Waals surface area contributed by atoms with Gasteiger partial charge in [0.1, 0.15) is 18.8 Å². The molecule has 6 unspecified atom stereocenters. The molecule has 1 heterocycles. The summed E-state index contributed by atoms with van der Waals surface area (Å²) in [5.41, 5.74) is 0. The highest BCUT2D eigenvalue weighted by molar-refractivity contribution is 5.74. The predicted octanol–water partition coefficient (Wildman–Crippen LogP) is 15.0. The lowest BCUT2D eigenvalue weighted by Crippen LogP contribution is -2.61. The molecule has 0 aromatic rings. The summed E-state index contributed by atoms with van der Waals surface area (Å²) in [6, 6.07) is 0. The number of aliphatic carboxylic acids is 1. The average Bonchev–Trinajstić information content (AvgIpc) is 3.37. The SMILES string of the molecule is CCCC/C=C\CCCCCCCC(=O)OC(COC(=O)CCCCCCC/C=C\CCCCCCCC)COC1OC(C(=O)O)C(O)C(O)C1OC(=O)CCCCCCCCC/C=C\C/C=C\CCCCC. The number of unbranched alkanes of at least 4 members (excludes halogenated alkanes) is 28. The largest absolute Gasteiger partial charge is 0.479 e. The van der Waals surface area contributed by atoms with Crippen molar-refractivity contribution in [2.45, 2.75) is 302 Å². The van der Waals surface area contributed by atoms with Crippen LogP contribution in [-0.4, -0.2) is 89.2 Å². The molecule has 0 amide bonds. The van der Waals surface area contributed by atoms with E-state index in [9.17, 15) is 34.5 Å². The Balaban J connectivity index is 2.68. The number of rotatable bonds is 50. The molecule has 1 aliphatic rings. The van der Waals surface area contributed by atoms with Crippen LogP contribution in [0.25, 0.3) is 0 Å². The third-order valence-corrected chi connectivity index (χ3v) is 13.3. The molecule has 1 rings (SSSR count). The van der Waals surface area contributed by atoms with Crippen LogP contribution in [0.4, 0.5) is 0 Å². The van der Waals surface area contributed by atoms with Crippen molar-refractivity contribution in [2.75, 3.05) is 13.2 Å². The number of carboxylic acid groups (broad SMARTS) is 1. The number of aliphatic hydroxyl groups excluding tert-OH is 2. The Kier molecular flexibility index (Phi) is 45.9. The predicted molar refractivity (Wildman–Crippen MR) is 294 cm³/mol. The van der Waals surface area contributed by atoms with Crippen LogP contribution in [0, 0.1) is 0 Å². The molecule has 0 bridgehead atoms. The number of esters is 3. The Hall–Kier alpha value is -3.32. The van der Waals surface area contributed by atoms with E-state index in [2.05, 4.69) is 69.4 Å². The maximum absolute atomic E-state index is 13.1. The monoisotopic (exact) mass is 1030 g/mol. The second-order valence-electron chi connectivity index (χ2n) is 20.3. The lowest BCUT2D eigenvalue weighted by Gasteiger charge is -2.40. The fourth-order valence-corrected chi connectivity index (χ4v) is 8.73. The van der Waals surface area contributed by atoms with Crippen LogP contribution in [0.5, 0.6) is 0 Å². The maximum atomic E-state index is 13.1. The first kappa shape index (κ1) is 67.7. The van der Waals surface area contributed by atoms with Gasteiger partial charge in [0.05, 0.1) is 6.61 Å². The van der Waals surface area contributed by atoms with Crippen molar-refractivity contribution in [3.63, 3.8) is 0 Å². The number of ether oxygens (including phenoxy) is 5. The highest BCUT2D eigenvalue weighted by atomic mass is 16.7. The Morgan fingerprint density at radius 3 is 1.32 bits per heavy atom. The van der Waals surface area contributed by atoms with Crippen molar-refractivity contribution in [1.29, 1.82) is 0 Å². The molecule has 1 fully saturated rings. The molecule has 12 nitrogen and oxygen atoms in total. The van der Waals surface area contributed by atoms with Crippen molar-refractivity contribution in [3.05, 3.63) is 48.6 Å². The molecular weight excluding hydrogens is 925 g/mol. The first-order chi connectivity index (χ1) is 35.6. The van der Waals surface area contributed by atoms with Gasteiger partial charge in [0.25, 0.3) is 0 Å². The smallest absolute Gasteiger partial charge is 0.335 e. The summed E-state index contributed by atoms with van der Waals surface area (Å²) in [5, 5.41) is 31.5. The molecule has 1 saturated heterocycles. The molecule has 0 aromatic carbocycles. The van der Waals surface area contributed by atoms with Crippen molar-refractivity contribution >= 4 is 23.9 Å². The molecule has 0 radical (unpaired) electrons. The number of hydrogen-bond donors (Lipinski definition) is 3. The first-order valence-electron chi connectivity index (χ1n) is 29.6. The van der Waals surface area contributed by atoms with Crippen molar-refractivity contribution in [2.24, 2.45) is 0 Å². The number of aliphatic hydroxyl groups is 2.